The Balaban J connectivity index is 2.07. The van der Waals surface area contributed by atoms with Gasteiger partial charge in [-0.2, -0.15) is 0 Å². The number of benzene rings is 1. The van der Waals surface area contributed by atoms with Crippen LogP contribution >= 0.6 is 0 Å². The molecule has 0 aliphatic heterocycles. The molecule has 0 heterocycles. The molecule has 0 spiro atoms. The maximum Gasteiger partial charge on any atom is 0.227 e. The van der Waals surface area contributed by atoms with Crippen LogP contribution in [0.15, 0.2) is 30.4 Å². The van der Waals surface area contributed by atoms with Crippen LogP contribution in [0.5, 0.6) is 0 Å². The number of halogens is 2. The van der Waals surface area contributed by atoms with E-state index in [1.165, 1.54) is 0 Å². The Kier molecular flexibility index (Phi) is 3.52. The number of carbonyl (C=O) groups is 1. The normalized spacial score (nSPS) is 19.1. The maximum absolute atomic E-state index is 13.3. The average molecular weight is 237 g/mol. The first-order chi connectivity index (χ1) is 8.16. The molecule has 1 aromatic rings. The highest BCUT2D eigenvalue weighted by molar-refractivity contribution is 5.92. The topological polar surface area (TPSA) is 29.1 Å². The third kappa shape index (κ3) is 2.90. The fourth-order valence-electron chi connectivity index (χ4n) is 1.86. The van der Waals surface area contributed by atoms with Gasteiger partial charge in [-0.05, 0) is 31.4 Å². The van der Waals surface area contributed by atoms with Crippen LogP contribution in [-0.2, 0) is 4.79 Å². The van der Waals surface area contributed by atoms with Crippen LogP contribution in [0.25, 0.3) is 0 Å². The van der Waals surface area contributed by atoms with Gasteiger partial charge in [-0.3, -0.25) is 4.79 Å². The third-order valence-corrected chi connectivity index (χ3v) is 2.83. The lowest BCUT2D eigenvalue weighted by Crippen LogP contribution is -2.24. The molecule has 0 saturated carbocycles. The Morgan fingerprint density at radius 1 is 1.29 bits per heavy atom. The smallest absolute Gasteiger partial charge is 0.227 e. The quantitative estimate of drug-likeness (QED) is 0.786. The van der Waals surface area contributed by atoms with Crippen molar-refractivity contribution in [1.82, 2.24) is 0 Å². The first-order valence-corrected chi connectivity index (χ1v) is 5.58. The summed E-state index contributed by atoms with van der Waals surface area (Å²) in [5.74, 6) is -1.59. The van der Waals surface area contributed by atoms with E-state index in [2.05, 4.69) is 5.32 Å². The zero-order valence-corrected chi connectivity index (χ0v) is 9.25. The second-order valence-corrected chi connectivity index (χ2v) is 4.09. The number of nitrogens with one attached hydrogen (secondary N) is 1. The zero-order chi connectivity index (χ0) is 12.3. The van der Waals surface area contributed by atoms with Crippen LogP contribution in [-0.4, -0.2) is 5.91 Å². The molecule has 0 bridgehead atoms. The highest BCUT2D eigenvalue weighted by atomic mass is 19.1. The second kappa shape index (κ2) is 5.08. The molecule has 1 atom stereocenters. The molecule has 4 heteroatoms. The maximum atomic E-state index is 13.3. The Labute approximate surface area is 98.3 Å². The molecule has 2 nitrogen and oxygen atoms in total. The minimum absolute atomic E-state index is 0.0930. The number of hydrogen-bond acceptors (Lipinski definition) is 1. The van der Waals surface area contributed by atoms with Gasteiger partial charge in [-0.15, -0.1) is 0 Å². The SMILES string of the molecule is O=C(Nc1cc(F)ccc1F)C1CC=CCC1. The van der Waals surface area contributed by atoms with Crippen LogP contribution in [0.4, 0.5) is 14.5 Å². The van der Waals surface area contributed by atoms with Gasteiger partial charge in [-0.1, -0.05) is 12.2 Å². The Hall–Kier alpha value is -1.71. The summed E-state index contributed by atoms with van der Waals surface area (Å²) in [6.45, 7) is 0. The zero-order valence-electron chi connectivity index (χ0n) is 9.25. The van der Waals surface area contributed by atoms with Gasteiger partial charge in [0.2, 0.25) is 5.91 Å². The molecular formula is C13H13F2NO. The lowest BCUT2D eigenvalue weighted by Gasteiger charge is -2.17. The van der Waals surface area contributed by atoms with Crippen LogP contribution < -0.4 is 5.32 Å². The highest BCUT2D eigenvalue weighted by Gasteiger charge is 2.19. The van der Waals surface area contributed by atoms with Crippen LogP contribution in [0.1, 0.15) is 19.3 Å². The summed E-state index contributed by atoms with van der Waals surface area (Å²) in [6, 6.07) is 3.02. The molecule has 90 valence electrons. The summed E-state index contributed by atoms with van der Waals surface area (Å²) in [4.78, 5) is 11.8. The Morgan fingerprint density at radius 3 is 2.82 bits per heavy atom. The second-order valence-electron chi connectivity index (χ2n) is 4.09. The van der Waals surface area contributed by atoms with Gasteiger partial charge in [0, 0.05) is 12.0 Å². The third-order valence-electron chi connectivity index (χ3n) is 2.83. The largest absolute Gasteiger partial charge is 0.323 e. The number of allylic oxidation sites excluding steroid dienone is 2. The summed E-state index contributed by atoms with van der Waals surface area (Å²) < 4.78 is 26.2. The molecule has 0 radical (unpaired) electrons. The number of carbonyl (C=O) groups excluding carboxylic acids is 1. The average Bonchev–Trinajstić information content (AvgIpc) is 2.35. The van der Waals surface area contributed by atoms with Gasteiger partial charge in [0.05, 0.1) is 5.69 Å². The van der Waals surface area contributed by atoms with Gasteiger partial charge >= 0.3 is 0 Å². The summed E-state index contributed by atoms with van der Waals surface area (Å²) in [7, 11) is 0. The van der Waals surface area contributed by atoms with Crippen molar-refractivity contribution < 1.29 is 13.6 Å². The van der Waals surface area contributed by atoms with Gasteiger partial charge in [-0.25, -0.2) is 8.78 Å². The minimum Gasteiger partial charge on any atom is -0.323 e. The monoisotopic (exact) mass is 237 g/mol. The van der Waals surface area contributed by atoms with Gasteiger partial charge in [0.25, 0.3) is 0 Å². The molecule has 0 saturated heterocycles. The molecule has 1 unspecified atom stereocenters. The van der Waals surface area contributed by atoms with Crippen LogP contribution in [0.2, 0.25) is 0 Å². The van der Waals surface area contributed by atoms with Crippen molar-refractivity contribution in [2.45, 2.75) is 19.3 Å². The Morgan fingerprint density at radius 2 is 2.12 bits per heavy atom. The van der Waals surface area contributed by atoms with Crippen molar-refractivity contribution in [3.8, 4) is 0 Å². The fraction of sp³-hybridized carbons (Fsp3) is 0.308. The van der Waals surface area contributed by atoms with E-state index in [1.807, 2.05) is 12.2 Å². The van der Waals surface area contributed by atoms with Gasteiger partial charge in [0.1, 0.15) is 11.6 Å². The molecule has 1 N–H and O–H groups in total. The molecule has 1 aromatic carbocycles. The molecule has 2 rings (SSSR count). The first kappa shape index (κ1) is 11.8. The minimum atomic E-state index is -0.619. The van der Waals surface area contributed by atoms with Crippen molar-refractivity contribution >= 4 is 11.6 Å². The molecule has 17 heavy (non-hydrogen) atoms. The molecule has 1 amide bonds. The number of amides is 1. The molecule has 0 fully saturated rings. The summed E-state index contributed by atoms with van der Waals surface area (Å²) in [6.07, 6.45) is 6.22. The number of anilines is 1. The van der Waals surface area contributed by atoms with E-state index in [0.29, 0.717) is 6.42 Å². The highest BCUT2D eigenvalue weighted by Crippen LogP contribution is 2.21. The summed E-state index contributed by atoms with van der Waals surface area (Å²) >= 11 is 0. The molecule has 0 aromatic heterocycles. The van der Waals surface area contributed by atoms with E-state index in [-0.39, 0.29) is 17.5 Å². The molecule has 1 aliphatic carbocycles. The Bertz CT molecular complexity index is 457. The van der Waals surface area contributed by atoms with Gasteiger partial charge in [0.15, 0.2) is 0 Å². The van der Waals surface area contributed by atoms with Crippen molar-refractivity contribution in [2.24, 2.45) is 5.92 Å². The van der Waals surface area contributed by atoms with Crippen LogP contribution in [0, 0.1) is 17.6 Å². The summed E-state index contributed by atoms with van der Waals surface area (Å²) in [5.41, 5.74) is -0.0930. The van der Waals surface area contributed by atoms with E-state index in [1.54, 1.807) is 0 Å². The fourth-order valence-corrected chi connectivity index (χ4v) is 1.86. The van der Waals surface area contributed by atoms with E-state index < -0.39 is 11.6 Å². The molecular weight excluding hydrogens is 224 g/mol. The number of rotatable bonds is 2. The van der Waals surface area contributed by atoms with E-state index >= 15 is 0 Å². The van der Waals surface area contributed by atoms with Crippen molar-refractivity contribution in [2.75, 3.05) is 5.32 Å². The standard InChI is InChI=1S/C13H13F2NO/c14-10-6-7-11(15)12(8-10)16-13(17)9-4-2-1-3-5-9/h1-2,6-9H,3-5H2,(H,16,17). The van der Waals surface area contributed by atoms with E-state index in [0.717, 1.165) is 31.0 Å². The van der Waals surface area contributed by atoms with Crippen LogP contribution in [0.3, 0.4) is 0 Å². The summed E-state index contributed by atoms with van der Waals surface area (Å²) in [5, 5.41) is 2.43. The first-order valence-electron chi connectivity index (χ1n) is 5.58. The van der Waals surface area contributed by atoms with E-state index in [9.17, 15) is 13.6 Å². The van der Waals surface area contributed by atoms with Crippen molar-refractivity contribution in [3.05, 3.63) is 42.0 Å². The van der Waals surface area contributed by atoms with Gasteiger partial charge < -0.3 is 5.32 Å². The van der Waals surface area contributed by atoms with Crippen molar-refractivity contribution in [1.29, 1.82) is 0 Å². The van der Waals surface area contributed by atoms with Crippen molar-refractivity contribution in [3.63, 3.8) is 0 Å². The molecule has 1 aliphatic rings. The lowest BCUT2D eigenvalue weighted by atomic mass is 9.93. The lowest BCUT2D eigenvalue weighted by molar-refractivity contribution is -0.120. The predicted molar refractivity (Wildman–Crippen MR) is 61.5 cm³/mol. The number of hydrogen-bond donors (Lipinski definition) is 1. The predicted octanol–water partition coefficient (Wildman–Crippen LogP) is 3.26. The van der Waals surface area contributed by atoms with E-state index in [4.69, 9.17) is 0 Å².